The van der Waals surface area contributed by atoms with Crippen molar-refractivity contribution in [3.05, 3.63) is 0 Å². The standard InChI is InChI=1S/C7H18N2/c1-4-7(3,9)5-6(2)8/h6H,4-5,8-9H2,1-3H3. The highest BCUT2D eigenvalue weighted by Gasteiger charge is 2.16. The molecule has 0 radical (unpaired) electrons. The Bertz CT molecular complexity index is 77.0. The van der Waals surface area contributed by atoms with E-state index < -0.39 is 0 Å². The maximum Gasteiger partial charge on any atom is 0.0137 e. The van der Waals surface area contributed by atoms with E-state index >= 15 is 0 Å². The van der Waals surface area contributed by atoms with E-state index in [1.165, 1.54) is 0 Å². The van der Waals surface area contributed by atoms with E-state index in [0.29, 0.717) is 0 Å². The van der Waals surface area contributed by atoms with Crippen LogP contribution in [0.25, 0.3) is 0 Å². The van der Waals surface area contributed by atoms with Crippen LogP contribution >= 0.6 is 0 Å². The van der Waals surface area contributed by atoms with Crippen LogP contribution in [0, 0.1) is 0 Å². The maximum absolute atomic E-state index is 5.84. The highest BCUT2D eigenvalue weighted by Crippen LogP contribution is 2.10. The molecule has 0 aromatic heterocycles. The molecule has 2 nitrogen and oxygen atoms in total. The van der Waals surface area contributed by atoms with Gasteiger partial charge in [0.25, 0.3) is 0 Å². The minimum atomic E-state index is -0.0613. The Morgan fingerprint density at radius 3 is 2.11 bits per heavy atom. The Labute approximate surface area is 57.6 Å². The lowest BCUT2D eigenvalue weighted by Gasteiger charge is -2.24. The van der Waals surface area contributed by atoms with Crippen LogP contribution < -0.4 is 11.5 Å². The van der Waals surface area contributed by atoms with Gasteiger partial charge in [-0.3, -0.25) is 0 Å². The van der Waals surface area contributed by atoms with Crippen LogP contribution in [0.5, 0.6) is 0 Å². The monoisotopic (exact) mass is 130 g/mol. The first-order chi connectivity index (χ1) is 3.98. The van der Waals surface area contributed by atoms with Crippen molar-refractivity contribution in [2.75, 3.05) is 0 Å². The third-order valence-corrected chi connectivity index (χ3v) is 1.60. The third kappa shape index (κ3) is 4.43. The number of nitrogens with two attached hydrogens (primary N) is 2. The fourth-order valence-electron chi connectivity index (χ4n) is 0.880. The smallest absolute Gasteiger partial charge is 0.0137 e. The molecule has 2 heteroatoms. The van der Waals surface area contributed by atoms with E-state index in [4.69, 9.17) is 11.5 Å². The van der Waals surface area contributed by atoms with E-state index in [9.17, 15) is 0 Å². The molecule has 0 aromatic rings. The first-order valence-electron chi connectivity index (χ1n) is 3.52. The number of hydrogen-bond donors (Lipinski definition) is 2. The predicted molar refractivity (Wildman–Crippen MR) is 41.1 cm³/mol. The first kappa shape index (κ1) is 8.92. The summed E-state index contributed by atoms with van der Waals surface area (Å²) in [6.07, 6.45) is 1.90. The van der Waals surface area contributed by atoms with Crippen LogP contribution in [-0.4, -0.2) is 11.6 Å². The lowest BCUT2D eigenvalue weighted by Crippen LogP contribution is -2.40. The van der Waals surface area contributed by atoms with Gasteiger partial charge < -0.3 is 11.5 Å². The maximum atomic E-state index is 5.84. The van der Waals surface area contributed by atoms with Crippen LogP contribution in [0.1, 0.15) is 33.6 Å². The van der Waals surface area contributed by atoms with Gasteiger partial charge in [-0.05, 0) is 26.7 Å². The molecule has 0 bridgehead atoms. The predicted octanol–water partition coefficient (Wildman–Crippen LogP) is 0.851. The van der Waals surface area contributed by atoms with Gasteiger partial charge in [0.15, 0.2) is 0 Å². The second-order valence-electron chi connectivity index (χ2n) is 3.19. The van der Waals surface area contributed by atoms with Crippen molar-refractivity contribution in [2.24, 2.45) is 11.5 Å². The first-order valence-corrected chi connectivity index (χ1v) is 3.52. The lowest BCUT2D eigenvalue weighted by molar-refractivity contribution is 0.388. The van der Waals surface area contributed by atoms with Crippen LogP contribution in [0.4, 0.5) is 0 Å². The Morgan fingerprint density at radius 2 is 2.00 bits per heavy atom. The molecule has 2 atom stereocenters. The molecule has 0 saturated heterocycles. The summed E-state index contributed by atoms with van der Waals surface area (Å²) in [5.74, 6) is 0. The topological polar surface area (TPSA) is 52.0 Å². The fraction of sp³-hybridized carbons (Fsp3) is 1.00. The molecule has 0 aliphatic rings. The molecule has 56 valence electrons. The Hall–Kier alpha value is -0.0800. The average Bonchev–Trinajstić information content (AvgIpc) is 1.63. The molecule has 0 fully saturated rings. The Morgan fingerprint density at radius 1 is 1.56 bits per heavy atom. The van der Waals surface area contributed by atoms with Crippen molar-refractivity contribution in [1.29, 1.82) is 0 Å². The van der Waals surface area contributed by atoms with E-state index in [1.807, 2.05) is 13.8 Å². The number of hydrogen-bond acceptors (Lipinski definition) is 2. The summed E-state index contributed by atoms with van der Waals surface area (Å²) < 4.78 is 0. The molecule has 0 amide bonds. The summed E-state index contributed by atoms with van der Waals surface area (Å²) in [6, 6.07) is 0.222. The molecule has 0 aliphatic heterocycles. The molecule has 9 heavy (non-hydrogen) atoms. The van der Waals surface area contributed by atoms with Gasteiger partial charge in [-0.15, -0.1) is 0 Å². The van der Waals surface area contributed by atoms with E-state index in [0.717, 1.165) is 12.8 Å². The Kier molecular flexibility index (Phi) is 3.15. The summed E-state index contributed by atoms with van der Waals surface area (Å²) in [6.45, 7) is 6.11. The van der Waals surface area contributed by atoms with E-state index in [-0.39, 0.29) is 11.6 Å². The van der Waals surface area contributed by atoms with Gasteiger partial charge in [0.1, 0.15) is 0 Å². The molecule has 2 unspecified atom stereocenters. The van der Waals surface area contributed by atoms with Crippen LogP contribution in [0.3, 0.4) is 0 Å². The van der Waals surface area contributed by atoms with Gasteiger partial charge in [0, 0.05) is 11.6 Å². The number of rotatable bonds is 3. The SMILES string of the molecule is CCC(C)(N)CC(C)N. The normalized spacial score (nSPS) is 21.0. The minimum Gasteiger partial charge on any atom is -0.328 e. The zero-order valence-electron chi connectivity index (χ0n) is 6.65. The van der Waals surface area contributed by atoms with Crippen molar-refractivity contribution in [3.63, 3.8) is 0 Å². The van der Waals surface area contributed by atoms with E-state index in [2.05, 4.69) is 6.92 Å². The van der Waals surface area contributed by atoms with Gasteiger partial charge in [-0.25, -0.2) is 0 Å². The van der Waals surface area contributed by atoms with Crippen LogP contribution in [0.15, 0.2) is 0 Å². The zero-order valence-corrected chi connectivity index (χ0v) is 6.65. The highest BCUT2D eigenvalue weighted by molar-refractivity contribution is 4.79. The quantitative estimate of drug-likeness (QED) is 0.595. The molecule has 0 saturated carbocycles. The van der Waals surface area contributed by atoms with Gasteiger partial charge >= 0.3 is 0 Å². The second-order valence-corrected chi connectivity index (χ2v) is 3.19. The van der Waals surface area contributed by atoms with Crippen molar-refractivity contribution >= 4 is 0 Å². The average molecular weight is 130 g/mol. The molecule has 0 spiro atoms. The van der Waals surface area contributed by atoms with Gasteiger partial charge in [0.05, 0.1) is 0 Å². The molecule has 0 rings (SSSR count). The summed E-state index contributed by atoms with van der Waals surface area (Å²) in [4.78, 5) is 0. The van der Waals surface area contributed by atoms with Crippen LogP contribution in [0.2, 0.25) is 0 Å². The molecule has 0 heterocycles. The Balaban J connectivity index is 3.58. The third-order valence-electron chi connectivity index (χ3n) is 1.60. The lowest BCUT2D eigenvalue weighted by atomic mass is 9.93. The van der Waals surface area contributed by atoms with Crippen LogP contribution in [-0.2, 0) is 0 Å². The zero-order chi connectivity index (χ0) is 7.49. The molecule has 0 aromatic carbocycles. The summed E-state index contributed by atoms with van der Waals surface area (Å²) in [5, 5.41) is 0. The minimum absolute atomic E-state index is 0.0613. The van der Waals surface area contributed by atoms with Crippen molar-refractivity contribution in [2.45, 2.75) is 45.2 Å². The van der Waals surface area contributed by atoms with Crippen molar-refractivity contribution in [3.8, 4) is 0 Å². The van der Waals surface area contributed by atoms with Gasteiger partial charge in [0.2, 0.25) is 0 Å². The summed E-state index contributed by atoms with van der Waals surface area (Å²) >= 11 is 0. The molecular formula is C7H18N2. The molecular weight excluding hydrogens is 112 g/mol. The summed E-state index contributed by atoms with van der Waals surface area (Å²) in [7, 11) is 0. The van der Waals surface area contributed by atoms with Gasteiger partial charge in [-0.2, -0.15) is 0 Å². The fourth-order valence-corrected chi connectivity index (χ4v) is 0.880. The van der Waals surface area contributed by atoms with E-state index in [1.54, 1.807) is 0 Å². The van der Waals surface area contributed by atoms with Crippen molar-refractivity contribution < 1.29 is 0 Å². The highest BCUT2D eigenvalue weighted by atomic mass is 14.7. The molecule has 4 N–H and O–H groups in total. The van der Waals surface area contributed by atoms with Gasteiger partial charge in [-0.1, -0.05) is 6.92 Å². The largest absolute Gasteiger partial charge is 0.328 e. The van der Waals surface area contributed by atoms with Crippen molar-refractivity contribution in [1.82, 2.24) is 0 Å². The second kappa shape index (κ2) is 3.18. The summed E-state index contributed by atoms with van der Waals surface area (Å²) in [5.41, 5.74) is 11.3. The molecule has 0 aliphatic carbocycles.